The first kappa shape index (κ1) is 25.6. The minimum absolute atomic E-state index is 1.17. The van der Waals surface area contributed by atoms with Crippen molar-refractivity contribution < 1.29 is 0 Å². The third-order valence-corrected chi connectivity index (χ3v) is 9.19. The Morgan fingerprint density at radius 1 is 0.289 bits per heavy atom. The summed E-state index contributed by atoms with van der Waals surface area (Å²) in [6, 6.07) is 63.9. The molecular weight excluding hydrogens is 542 g/mol. The summed E-state index contributed by atoms with van der Waals surface area (Å²) >= 11 is 0. The van der Waals surface area contributed by atoms with Crippen molar-refractivity contribution in [3.63, 3.8) is 0 Å². The average Bonchev–Trinajstić information content (AvgIpc) is 3.45. The van der Waals surface area contributed by atoms with E-state index in [1.165, 1.54) is 82.4 Å². The number of hydrogen-bond acceptors (Lipinski definition) is 0. The molecule has 0 saturated carbocycles. The van der Waals surface area contributed by atoms with E-state index in [2.05, 4.69) is 180 Å². The van der Waals surface area contributed by atoms with Crippen molar-refractivity contribution in [3.05, 3.63) is 176 Å². The number of nitrogens with zero attached hydrogens (tertiary/aromatic N) is 1. The van der Waals surface area contributed by atoms with Crippen molar-refractivity contribution in [1.29, 1.82) is 0 Å². The highest BCUT2D eigenvalue weighted by Crippen LogP contribution is 2.46. The standard InChI is InChI=1S/C44H29N/c1-3-15-30(16-4-1)33-19-7-8-21-36(33)44-39-24-11-9-22-37(39)43(38-23-10-12-25-40(38)44)31-27-28-35-34-20-13-14-26-41(34)45(42(35)29-31)32-17-5-2-6-18-32/h1-29H. The van der Waals surface area contributed by atoms with Crippen LogP contribution < -0.4 is 0 Å². The Balaban J connectivity index is 1.38. The molecule has 1 heterocycles. The highest BCUT2D eigenvalue weighted by molar-refractivity contribution is 6.23. The van der Waals surface area contributed by atoms with Crippen molar-refractivity contribution in [2.24, 2.45) is 0 Å². The van der Waals surface area contributed by atoms with Gasteiger partial charge in [0.25, 0.3) is 0 Å². The van der Waals surface area contributed by atoms with Gasteiger partial charge in [0.05, 0.1) is 11.0 Å². The predicted octanol–water partition coefficient (Wildman–Crippen LogP) is 12.1. The van der Waals surface area contributed by atoms with Crippen molar-refractivity contribution in [2.45, 2.75) is 0 Å². The van der Waals surface area contributed by atoms with Gasteiger partial charge in [-0.25, -0.2) is 0 Å². The van der Waals surface area contributed by atoms with Crippen molar-refractivity contribution in [3.8, 4) is 39.1 Å². The fraction of sp³-hybridized carbons (Fsp3) is 0. The molecule has 1 aromatic heterocycles. The molecule has 0 unspecified atom stereocenters. The lowest BCUT2D eigenvalue weighted by Crippen LogP contribution is -1.94. The number of benzene rings is 8. The zero-order chi connectivity index (χ0) is 29.7. The summed E-state index contributed by atoms with van der Waals surface area (Å²) in [6.07, 6.45) is 0. The summed E-state index contributed by atoms with van der Waals surface area (Å²) in [7, 11) is 0. The van der Waals surface area contributed by atoms with Gasteiger partial charge in [0.1, 0.15) is 0 Å². The molecule has 0 fully saturated rings. The number of rotatable bonds is 4. The van der Waals surface area contributed by atoms with Gasteiger partial charge in [0.2, 0.25) is 0 Å². The second kappa shape index (κ2) is 10.4. The van der Waals surface area contributed by atoms with Crippen LogP contribution in [0.3, 0.4) is 0 Å². The summed E-state index contributed by atoms with van der Waals surface area (Å²) in [6.45, 7) is 0. The second-order valence-corrected chi connectivity index (χ2v) is 11.7. The van der Waals surface area contributed by atoms with Crippen molar-refractivity contribution in [1.82, 2.24) is 4.57 Å². The van der Waals surface area contributed by atoms with Crippen LogP contribution in [0.2, 0.25) is 0 Å². The third-order valence-electron chi connectivity index (χ3n) is 9.19. The predicted molar refractivity (Wildman–Crippen MR) is 192 cm³/mol. The fourth-order valence-electron chi connectivity index (χ4n) is 7.28. The van der Waals surface area contributed by atoms with Gasteiger partial charge in [0.15, 0.2) is 0 Å². The number of aromatic nitrogens is 1. The highest BCUT2D eigenvalue weighted by Gasteiger charge is 2.20. The maximum atomic E-state index is 2.41. The highest BCUT2D eigenvalue weighted by atomic mass is 15.0. The van der Waals surface area contributed by atoms with E-state index >= 15 is 0 Å². The molecule has 9 aromatic rings. The minimum Gasteiger partial charge on any atom is -0.309 e. The second-order valence-electron chi connectivity index (χ2n) is 11.7. The summed E-state index contributed by atoms with van der Waals surface area (Å²) in [4.78, 5) is 0. The normalized spacial score (nSPS) is 11.6. The van der Waals surface area contributed by atoms with E-state index in [1.807, 2.05) is 0 Å². The molecule has 0 spiro atoms. The first-order valence-corrected chi connectivity index (χ1v) is 15.5. The molecule has 0 radical (unpaired) electrons. The Bertz CT molecular complexity index is 2460. The molecule has 0 aliphatic heterocycles. The van der Waals surface area contributed by atoms with Crippen LogP contribution in [0.15, 0.2) is 176 Å². The van der Waals surface area contributed by atoms with E-state index in [1.54, 1.807) is 0 Å². The van der Waals surface area contributed by atoms with Crippen molar-refractivity contribution >= 4 is 43.4 Å². The molecule has 0 atom stereocenters. The monoisotopic (exact) mass is 571 g/mol. The fourth-order valence-corrected chi connectivity index (χ4v) is 7.28. The van der Waals surface area contributed by atoms with Crippen LogP contribution in [0.5, 0.6) is 0 Å². The Morgan fingerprint density at radius 2 is 0.778 bits per heavy atom. The maximum Gasteiger partial charge on any atom is 0.0547 e. The summed E-state index contributed by atoms with van der Waals surface area (Å²) in [5.41, 5.74) is 11.1. The molecule has 0 saturated heterocycles. The van der Waals surface area contributed by atoms with Crippen LogP contribution in [0.25, 0.3) is 82.4 Å². The van der Waals surface area contributed by atoms with Gasteiger partial charge < -0.3 is 4.57 Å². The van der Waals surface area contributed by atoms with Crippen LogP contribution in [0, 0.1) is 0 Å². The summed E-state index contributed by atoms with van der Waals surface area (Å²) < 4.78 is 2.41. The number of hydrogen-bond donors (Lipinski definition) is 0. The Morgan fingerprint density at radius 3 is 1.44 bits per heavy atom. The van der Waals surface area contributed by atoms with Crippen LogP contribution in [0.1, 0.15) is 0 Å². The first-order chi connectivity index (χ1) is 22.4. The molecular formula is C44H29N. The van der Waals surface area contributed by atoms with E-state index in [-0.39, 0.29) is 0 Å². The lowest BCUT2D eigenvalue weighted by molar-refractivity contribution is 1.18. The van der Waals surface area contributed by atoms with E-state index in [4.69, 9.17) is 0 Å². The Hall–Kier alpha value is -5.92. The van der Waals surface area contributed by atoms with E-state index < -0.39 is 0 Å². The zero-order valence-electron chi connectivity index (χ0n) is 24.7. The minimum atomic E-state index is 1.17. The molecule has 0 N–H and O–H groups in total. The van der Waals surface area contributed by atoms with Gasteiger partial charge in [-0.05, 0) is 79.2 Å². The molecule has 9 rings (SSSR count). The first-order valence-electron chi connectivity index (χ1n) is 15.5. The van der Waals surface area contributed by atoms with Gasteiger partial charge in [-0.2, -0.15) is 0 Å². The van der Waals surface area contributed by atoms with Crippen LogP contribution in [0.4, 0.5) is 0 Å². The maximum absolute atomic E-state index is 2.41. The molecule has 8 aromatic carbocycles. The number of para-hydroxylation sites is 2. The van der Waals surface area contributed by atoms with Crippen molar-refractivity contribution in [2.75, 3.05) is 0 Å². The van der Waals surface area contributed by atoms with E-state index in [9.17, 15) is 0 Å². The SMILES string of the molecule is c1ccc(-c2ccccc2-c2c3ccccc3c(-c3ccc4c5ccccc5n(-c5ccccc5)c4c3)c3ccccc23)cc1. The van der Waals surface area contributed by atoms with Gasteiger partial charge in [-0.3, -0.25) is 0 Å². The largest absolute Gasteiger partial charge is 0.309 e. The Labute approximate surface area is 262 Å². The van der Waals surface area contributed by atoms with Gasteiger partial charge in [0, 0.05) is 16.5 Å². The van der Waals surface area contributed by atoms with Gasteiger partial charge in [-0.15, -0.1) is 0 Å². The van der Waals surface area contributed by atoms with Gasteiger partial charge in [-0.1, -0.05) is 152 Å². The van der Waals surface area contributed by atoms with E-state index in [0.717, 1.165) is 0 Å². The molecule has 45 heavy (non-hydrogen) atoms. The lowest BCUT2D eigenvalue weighted by Gasteiger charge is -2.20. The zero-order valence-corrected chi connectivity index (χ0v) is 24.7. The quantitative estimate of drug-likeness (QED) is 0.185. The van der Waals surface area contributed by atoms with Crippen LogP contribution in [-0.2, 0) is 0 Å². The number of fused-ring (bicyclic) bond motifs is 5. The molecule has 0 aliphatic carbocycles. The Kier molecular flexibility index (Phi) is 5.89. The lowest BCUT2D eigenvalue weighted by atomic mass is 9.84. The van der Waals surface area contributed by atoms with Gasteiger partial charge >= 0.3 is 0 Å². The average molecular weight is 572 g/mol. The van der Waals surface area contributed by atoms with Crippen LogP contribution >= 0.6 is 0 Å². The smallest absolute Gasteiger partial charge is 0.0547 e. The third kappa shape index (κ3) is 4.02. The molecule has 1 heteroatoms. The molecule has 210 valence electrons. The molecule has 0 aliphatic rings. The molecule has 0 amide bonds. The molecule has 0 bridgehead atoms. The van der Waals surface area contributed by atoms with Crippen LogP contribution in [-0.4, -0.2) is 4.57 Å². The summed E-state index contributed by atoms with van der Waals surface area (Å²) in [5, 5.41) is 7.58. The topological polar surface area (TPSA) is 4.93 Å². The summed E-state index contributed by atoms with van der Waals surface area (Å²) in [5.74, 6) is 0. The molecule has 1 nitrogen and oxygen atoms in total. The van der Waals surface area contributed by atoms with E-state index in [0.29, 0.717) is 0 Å².